The minimum atomic E-state index is 0.489. The summed E-state index contributed by atoms with van der Waals surface area (Å²) in [7, 11) is 2.17. The average molecular weight is 263 g/mol. The van der Waals surface area contributed by atoms with Gasteiger partial charge in [0, 0.05) is 37.6 Å². The fraction of sp³-hybridized carbons (Fsp3) is 0.688. The normalized spacial score (nSPS) is 13.1. The van der Waals surface area contributed by atoms with Crippen LogP contribution in [-0.4, -0.2) is 24.1 Å². The van der Waals surface area contributed by atoms with Gasteiger partial charge in [-0.3, -0.25) is 4.98 Å². The van der Waals surface area contributed by atoms with Crippen LogP contribution in [0.15, 0.2) is 18.3 Å². The van der Waals surface area contributed by atoms with E-state index in [0.29, 0.717) is 12.1 Å². The van der Waals surface area contributed by atoms with Crippen LogP contribution >= 0.6 is 0 Å². The Bertz CT molecular complexity index is 374. The van der Waals surface area contributed by atoms with Crippen LogP contribution in [0.2, 0.25) is 0 Å². The molecule has 19 heavy (non-hydrogen) atoms. The molecule has 1 N–H and O–H groups in total. The molecule has 0 aliphatic rings. The zero-order valence-corrected chi connectivity index (χ0v) is 13.3. The van der Waals surface area contributed by atoms with Crippen LogP contribution < -0.4 is 10.2 Å². The highest BCUT2D eigenvalue weighted by Crippen LogP contribution is 2.19. The predicted octanol–water partition coefficient (Wildman–Crippen LogP) is 3.45. The molecule has 3 heteroatoms. The van der Waals surface area contributed by atoms with Crippen LogP contribution in [0, 0.1) is 5.92 Å². The summed E-state index contributed by atoms with van der Waals surface area (Å²) in [5, 5.41) is 3.41. The topological polar surface area (TPSA) is 28.2 Å². The minimum Gasteiger partial charge on any atom is -0.372 e. The number of anilines is 1. The van der Waals surface area contributed by atoms with Crippen molar-refractivity contribution in [1.29, 1.82) is 0 Å². The average Bonchev–Trinajstić information content (AvgIpc) is 2.35. The zero-order valence-electron chi connectivity index (χ0n) is 13.3. The highest BCUT2D eigenvalue weighted by Gasteiger charge is 2.12. The minimum absolute atomic E-state index is 0.489. The van der Waals surface area contributed by atoms with Crippen LogP contribution in [0.3, 0.4) is 0 Å². The SMILES string of the molecule is CC(C)CC(C)N(C)c1ccnc(CNC(C)C)c1. The Morgan fingerprint density at radius 1 is 1.21 bits per heavy atom. The van der Waals surface area contributed by atoms with E-state index in [2.05, 4.69) is 69.0 Å². The summed E-state index contributed by atoms with van der Waals surface area (Å²) in [4.78, 5) is 6.77. The molecule has 1 aromatic heterocycles. The van der Waals surface area contributed by atoms with Gasteiger partial charge in [-0.25, -0.2) is 0 Å². The molecule has 3 nitrogen and oxygen atoms in total. The smallest absolute Gasteiger partial charge is 0.0562 e. The van der Waals surface area contributed by atoms with Gasteiger partial charge in [-0.1, -0.05) is 27.7 Å². The number of rotatable bonds is 7. The van der Waals surface area contributed by atoms with Crippen molar-refractivity contribution in [3.8, 4) is 0 Å². The Morgan fingerprint density at radius 2 is 1.89 bits per heavy atom. The number of hydrogen-bond acceptors (Lipinski definition) is 3. The van der Waals surface area contributed by atoms with E-state index in [4.69, 9.17) is 0 Å². The molecule has 1 rings (SSSR count). The summed E-state index contributed by atoms with van der Waals surface area (Å²) in [6.07, 6.45) is 3.11. The third-order valence-corrected chi connectivity index (χ3v) is 3.37. The van der Waals surface area contributed by atoms with Crippen LogP contribution in [0.5, 0.6) is 0 Å². The van der Waals surface area contributed by atoms with Crippen molar-refractivity contribution in [2.45, 2.75) is 59.7 Å². The number of pyridine rings is 1. The van der Waals surface area contributed by atoms with Gasteiger partial charge < -0.3 is 10.2 Å². The molecule has 0 aliphatic carbocycles. The molecule has 0 aromatic carbocycles. The lowest BCUT2D eigenvalue weighted by atomic mass is 10.0. The first-order chi connectivity index (χ1) is 8.90. The zero-order chi connectivity index (χ0) is 14.4. The Morgan fingerprint density at radius 3 is 2.47 bits per heavy atom. The summed E-state index contributed by atoms with van der Waals surface area (Å²) >= 11 is 0. The third-order valence-electron chi connectivity index (χ3n) is 3.37. The number of aromatic nitrogens is 1. The van der Waals surface area contributed by atoms with Crippen LogP contribution in [0.25, 0.3) is 0 Å². The van der Waals surface area contributed by atoms with Crippen molar-refractivity contribution >= 4 is 5.69 Å². The maximum Gasteiger partial charge on any atom is 0.0562 e. The summed E-state index contributed by atoms with van der Waals surface area (Å²) in [5.74, 6) is 0.723. The van der Waals surface area contributed by atoms with Crippen LogP contribution in [0.1, 0.15) is 46.7 Å². The van der Waals surface area contributed by atoms with E-state index < -0.39 is 0 Å². The fourth-order valence-corrected chi connectivity index (χ4v) is 2.19. The molecule has 0 aliphatic heterocycles. The van der Waals surface area contributed by atoms with Crippen molar-refractivity contribution in [1.82, 2.24) is 10.3 Å². The number of hydrogen-bond donors (Lipinski definition) is 1. The van der Waals surface area contributed by atoms with Gasteiger partial charge in [-0.2, -0.15) is 0 Å². The van der Waals surface area contributed by atoms with Crippen molar-refractivity contribution < 1.29 is 0 Å². The molecule has 1 heterocycles. The van der Waals surface area contributed by atoms with Crippen molar-refractivity contribution in [2.24, 2.45) is 5.92 Å². The van der Waals surface area contributed by atoms with Crippen LogP contribution in [0.4, 0.5) is 5.69 Å². The Balaban J connectivity index is 2.69. The summed E-state index contributed by atoms with van der Waals surface area (Å²) < 4.78 is 0. The first kappa shape index (κ1) is 16.0. The van der Waals surface area contributed by atoms with Gasteiger partial charge >= 0.3 is 0 Å². The second kappa shape index (κ2) is 7.49. The molecule has 0 saturated carbocycles. The van der Waals surface area contributed by atoms with E-state index in [9.17, 15) is 0 Å². The van der Waals surface area contributed by atoms with Gasteiger partial charge in [0.1, 0.15) is 0 Å². The summed E-state index contributed by atoms with van der Waals surface area (Å²) in [5.41, 5.74) is 2.36. The third kappa shape index (κ3) is 5.60. The first-order valence-corrected chi connectivity index (χ1v) is 7.31. The maximum atomic E-state index is 4.42. The van der Waals surface area contributed by atoms with Crippen LogP contribution in [-0.2, 0) is 6.54 Å². The molecular weight excluding hydrogens is 234 g/mol. The number of nitrogens with one attached hydrogen (secondary N) is 1. The Kier molecular flexibility index (Phi) is 6.29. The van der Waals surface area contributed by atoms with E-state index in [1.807, 2.05) is 6.20 Å². The Labute approximate surface area is 118 Å². The molecular formula is C16H29N3. The lowest BCUT2D eigenvalue weighted by Gasteiger charge is -2.28. The largest absolute Gasteiger partial charge is 0.372 e. The molecule has 0 spiro atoms. The van der Waals surface area contributed by atoms with Gasteiger partial charge in [0.25, 0.3) is 0 Å². The molecule has 108 valence electrons. The standard InChI is InChI=1S/C16H29N3/c1-12(2)9-14(5)19(6)16-7-8-17-15(10-16)11-18-13(3)4/h7-8,10,12-14,18H,9,11H2,1-6H3. The highest BCUT2D eigenvalue weighted by molar-refractivity contribution is 5.46. The van der Waals surface area contributed by atoms with Gasteiger partial charge in [0.2, 0.25) is 0 Å². The molecule has 0 fully saturated rings. The lowest BCUT2D eigenvalue weighted by molar-refractivity contribution is 0.504. The van der Waals surface area contributed by atoms with E-state index in [1.54, 1.807) is 0 Å². The quantitative estimate of drug-likeness (QED) is 0.816. The number of nitrogens with zero attached hydrogens (tertiary/aromatic N) is 2. The maximum absolute atomic E-state index is 4.42. The molecule has 0 radical (unpaired) electrons. The van der Waals surface area contributed by atoms with Crippen molar-refractivity contribution in [3.05, 3.63) is 24.0 Å². The van der Waals surface area contributed by atoms with Gasteiger partial charge in [0.15, 0.2) is 0 Å². The second-order valence-electron chi connectivity index (χ2n) is 6.13. The monoisotopic (exact) mass is 263 g/mol. The molecule has 0 bridgehead atoms. The van der Waals surface area contributed by atoms with Gasteiger partial charge in [-0.05, 0) is 31.4 Å². The fourth-order valence-electron chi connectivity index (χ4n) is 2.19. The molecule has 0 amide bonds. The van der Waals surface area contributed by atoms with E-state index >= 15 is 0 Å². The highest BCUT2D eigenvalue weighted by atomic mass is 15.1. The molecule has 1 atom stereocenters. The van der Waals surface area contributed by atoms with E-state index in [1.165, 1.54) is 12.1 Å². The first-order valence-electron chi connectivity index (χ1n) is 7.31. The molecule has 1 unspecified atom stereocenters. The van der Waals surface area contributed by atoms with Gasteiger partial charge in [-0.15, -0.1) is 0 Å². The Hall–Kier alpha value is -1.09. The molecule has 1 aromatic rings. The summed E-state index contributed by atoms with van der Waals surface area (Å²) in [6, 6.07) is 5.32. The van der Waals surface area contributed by atoms with Crippen molar-refractivity contribution in [3.63, 3.8) is 0 Å². The van der Waals surface area contributed by atoms with Crippen molar-refractivity contribution in [2.75, 3.05) is 11.9 Å². The van der Waals surface area contributed by atoms with Gasteiger partial charge in [0.05, 0.1) is 5.69 Å². The lowest BCUT2D eigenvalue weighted by Crippen LogP contribution is -2.30. The second-order valence-corrected chi connectivity index (χ2v) is 6.13. The van der Waals surface area contributed by atoms with E-state index in [0.717, 1.165) is 18.2 Å². The summed E-state index contributed by atoms with van der Waals surface area (Å²) in [6.45, 7) is 12.0. The predicted molar refractivity (Wildman–Crippen MR) is 83.5 cm³/mol. The van der Waals surface area contributed by atoms with E-state index in [-0.39, 0.29) is 0 Å². The molecule has 0 saturated heterocycles.